The van der Waals surface area contributed by atoms with E-state index < -0.39 is 11.9 Å². The SMILES string of the molecule is Cn1c(=O)n(CC(C)(C)C)c2ccc(C3CCC(C)(C)C(C(CCNC(=O)c4ccccc4O)N4C(=O)C=CC4=O)C3)nc21. The van der Waals surface area contributed by atoms with Crippen LogP contribution in [0.2, 0.25) is 0 Å². The van der Waals surface area contributed by atoms with E-state index in [1.54, 1.807) is 34.4 Å². The summed E-state index contributed by atoms with van der Waals surface area (Å²) >= 11 is 0. The average molecular weight is 602 g/mol. The number of pyridine rings is 1. The maximum atomic E-state index is 13.1. The summed E-state index contributed by atoms with van der Waals surface area (Å²) in [4.78, 5) is 58.2. The Morgan fingerprint density at radius 3 is 2.43 bits per heavy atom. The van der Waals surface area contributed by atoms with Gasteiger partial charge in [0.15, 0.2) is 5.65 Å². The van der Waals surface area contributed by atoms with Crippen LogP contribution in [0.4, 0.5) is 0 Å². The molecule has 0 spiro atoms. The molecule has 1 aliphatic heterocycles. The third-order valence-electron chi connectivity index (χ3n) is 9.25. The molecule has 5 rings (SSSR count). The smallest absolute Gasteiger partial charge is 0.330 e. The molecule has 3 heterocycles. The number of para-hydroxylation sites is 1. The van der Waals surface area contributed by atoms with Crippen molar-refractivity contribution in [3.05, 3.63) is 70.3 Å². The minimum absolute atomic E-state index is 0.0668. The molecular formula is C34H43N5O5. The molecule has 44 heavy (non-hydrogen) atoms. The van der Waals surface area contributed by atoms with Gasteiger partial charge in [0.25, 0.3) is 17.7 Å². The van der Waals surface area contributed by atoms with Crippen LogP contribution in [0.25, 0.3) is 11.2 Å². The quantitative estimate of drug-likeness (QED) is 0.366. The molecule has 0 bridgehead atoms. The first-order chi connectivity index (χ1) is 20.7. The van der Waals surface area contributed by atoms with Crippen LogP contribution in [0.3, 0.4) is 0 Å². The Kier molecular flexibility index (Phi) is 8.31. The molecule has 1 aromatic carbocycles. The van der Waals surface area contributed by atoms with Crippen LogP contribution in [0.5, 0.6) is 5.75 Å². The lowest BCUT2D eigenvalue weighted by atomic mass is 9.61. The fraction of sp³-hybridized carbons (Fsp3) is 0.500. The van der Waals surface area contributed by atoms with E-state index in [0.29, 0.717) is 25.0 Å². The van der Waals surface area contributed by atoms with Crippen LogP contribution >= 0.6 is 0 Å². The number of fused-ring (bicyclic) bond motifs is 1. The zero-order chi connectivity index (χ0) is 32.0. The Hall–Kier alpha value is -4.21. The minimum atomic E-state index is -0.451. The highest BCUT2D eigenvalue weighted by atomic mass is 16.3. The molecule has 2 N–H and O–H groups in total. The standard InChI is InChI=1S/C34H43N5O5/c1-33(2,3)20-38-26-12-11-24(36-30(26)37(6)32(38)44)21-15-17-34(4,5)23(19-21)25(39-28(41)13-14-29(39)42)16-18-35-31(43)22-9-7-8-10-27(22)40/h7-14,21,23,25,40H,15-20H2,1-6H3,(H,35,43). The van der Waals surface area contributed by atoms with Gasteiger partial charge >= 0.3 is 5.69 Å². The second-order valence-electron chi connectivity index (χ2n) is 14.1. The van der Waals surface area contributed by atoms with Gasteiger partial charge in [0.05, 0.1) is 11.1 Å². The lowest BCUT2D eigenvalue weighted by molar-refractivity contribution is -0.143. The number of aromatic nitrogens is 3. The highest BCUT2D eigenvalue weighted by Gasteiger charge is 2.46. The molecule has 1 fully saturated rings. The fourth-order valence-corrected chi connectivity index (χ4v) is 6.91. The summed E-state index contributed by atoms with van der Waals surface area (Å²) in [5.74, 6) is -1.22. The van der Waals surface area contributed by atoms with Crippen LogP contribution in [0, 0.1) is 16.7 Å². The summed E-state index contributed by atoms with van der Waals surface area (Å²) < 4.78 is 3.40. The molecular weight excluding hydrogens is 558 g/mol. The topological polar surface area (TPSA) is 127 Å². The van der Waals surface area contributed by atoms with Crippen LogP contribution in [-0.4, -0.2) is 54.4 Å². The molecule has 2 aromatic heterocycles. The number of phenolic OH excluding ortho intramolecular Hbond substituents is 1. The highest BCUT2D eigenvalue weighted by Crippen LogP contribution is 2.49. The van der Waals surface area contributed by atoms with Gasteiger partial charge in [-0.15, -0.1) is 0 Å². The van der Waals surface area contributed by atoms with E-state index in [9.17, 15) is 24.3 Å². The number of rotatable bonds is 8. The highest BCUT2D eigenvalue weighted by molar-refractivity contribution is 6.13. The molecule has 10 nitrogen and oxygen atoms in total. The van der Waals surface area contributed by atoms with Crippen molar-refractivity contribution in [3.63, 3.8) is 0 Å². The minimum Gasteiger partial charge on any atom is -0.507 e. The van der Waals surface area contributed by atoms with Gasteiger partial charge in [-0.05, 0) is 66.7 Å². The normalized spacial score (nSPS) is 20.8. The molecule has 1 aliphatic carbocycles. The second kappa shape index (κ2) is 11.7. The number of hydrogen-bond acceptors (Lipinski definition) is 6. The molecule has 3 unspecified atom stereocenters. The maximum Gasteiger partial charge on any atom is 0.330 e. The van der Waals surface area contributed by atoms with Crippen molar-refractivity contribution in [2.75, 3.05) is 6.54 Å². The first-order valence-electron chi connectivity index (χ1n) is 15.4. The largest absolute Gasteiger partial charge is 0.507 e. The Balaban J connectivity index is 1.42. The van der Waals surface area contributed by atoms with E-state index in [2.05, 4.69) is 39.9 Å². The van der Waals surface area contributed by atoms with Gasteiger partial charge in [-0.3, -0.25) is 28.4 Å². The zero-order valence-corrected chi connectivity index (χ0v) is 26.5. The number of phenols is 1. The summed E-state index contributed by atoms with van der Waals surface area (Å²) in [6, 6.07) is 9.88. The number of nitrogens with zero attached hydrogens (tertiary/aromatic N) is 4. The number of carbonyl (C=O) groups is 3. The lowest BCUT2D eigenvalue weighted by Crippen LogP contribution is -2.51. The number of hydrogen-bond donors (Lipinski definition) is 2. The number of carbonyl (C=O) groups excluding carboxylic acids is 3. The Morgan fingerprint density at radius 1 is 1.09 bits per heavy atom. The van der Waals surface area contributed by atoms with Gasteiger partial charge in [-0.25, -0.2) is 9.78 Å². The van der Waals surface area contributed by atoms with E-state index >= 15 is 0 Å². The number of aromatic hydroxyl groups is 1. The third-order valence-corrected chi connectivity index (χ3v) is 9.25. The Bertz CT molecular complexity index is 1670. The van der Waals surface area contributed by atoms with Crippen molar-refractivity contribution >= 4 is 28.9 Å². The molecule has 0 saturated heterocycles. The Labute approximate surface area is 257 Å². The number of amides is 3. The molecule has 2 aliphatic rings. The number of imidazole rings is 1. The summed E-state index contributed by atoms with van der Waals surface area (Å²) in [7, 11) is 1.75. The van der Waals surface area contributed by atoms with Crippen molar-refractivity contribution in [1.29, 1.82) is 0 Å². The summed E-state index contributed by atoms with van der Waals surface area (Å²) in [6.07, 6.45) is 5.42. The van der Waals surface area contributed by atoms with Crippen molar-refractivity contribution in [3.8, 4) is 5.75 Å². The lowest BCUT2D eigenvalue weighted by Gasteiger charge is -2.48. The summed E-state index contributed by atoms with van der Waals surface area (Å²) in [5.41, 5.74) is 2.16. The van der Waals surface area contributed by atoms with E-state index in [1.165, 1.54) is 23.1 Å². The van der Waals surface area contributed by atoms with Crippen molar-refractivity contribution in [2.45, 2.75) is 78.8 Å². The van der Waals surface area contributed by atoms with E-state index in [1.807, 2.05) is 12.1 Å². The van der Waals surface area contributed by atoms with Crippen molar-refractivity contribution < 1.29 is 19.5 Å². The van der Waals surface area contributed by atoms with Crippen molar-refractivity contribution in [1.82, 2.24) is 24.3 Å². The van der Waals surface area contributed by atoms with Crippen LogP contribution < -0.4 is 11.0 Å². The summed E-state index contributed by atoms with van der Waals surface area (Å²) in [5, 5.41) is 13.0. The molecule has 234 valence electrons. The number of imide groups is 1. The van der Waals surface area contributed by atoms with Crippen molar-refractivity contribution in [2.24, 2.45) is 23.8 Å². The van der Waals surface area contributed by atoms with Gasteiger partial charge in [0.1, 0.15) is 5.75 Å². The fourth-order valence-electron chi connectivity index (χ4n) is 6.91. The Morgan fingerprint density at radius 2 is 1.77 bits per heavy atom. The average Bonchev–Trinajstić information content (AvgIpc) is 3.40. The van der Waals surface area contributed by atoms with Crippen LogP contribution in [-0.2, 0) is 23.2 Å². The first-order valence-corrected chi connectivity index (χ1v) is 15.4. The van der Waals surface area contributed by atoms with E-state index in [-0.39, 0.29) is 58.0 Å². The molecule has 1 saturated carbocycles. The predicted molar refractivity (Wildman–Crippen MR) is 168 cm³/mol. The predicted octanol–water partition coefficient (Wildman–Crippen LogP) is 4.51. The zero-order valence-electron chi connectivity index (χ0n) is 26.5. The summed E-state index contributed by atoms with van der Waals surface area (Å²) in [6.45, 7) is 11.5. The van der Waals surface area contributed by atoms with Crippen LogP contribution in [0.1, 0.15) is 82.3 Å². The van der Waals surface area contributed by atoms with Gasteiger partial charge < -0.3 is 10.4 Å². The van der Waals surface area contributed by atoms with E-state index in [4.69, 9.17) is 4.98 Å². The third kappa shape index (κ3) is 6.07. The molecule has 3 amide bonds. The molecule has 0 radical (unpaired) electrons. The molecule has 3 aromatic rings. The second-order valence-corrected chi connectivity index (χ2v) is 14.1. The van der Waals surface area contributed by atoms with Gasteiger partial charge in [-0.1, -0.05) is 46.8 Å². The van der Waals surface area contributed by atoms with E-state index in [0.717, 1.165) is 24.1 Å². The van der Waals surface area contributed by atoms with Gasteiger partial charge in [0, 0.05) is 49.9 Å². The number of aryl methyl sites for hydroxylation is 1. The first kappa shape index (κ1) is 31.2. The van der Waals surface area contributed by atoms with Gasteiger partial charge in [0.2, 0.25) is 0 Å². The van der Waals surface area contributed by atoms with Gasteiger partial charge in [-0.2, -0.15) is 0 Å². The monoisotopic (exact) mass is 601 g/mol. The maximum absolute atomic E-state index is 13.1. The number of nitrogens with one attached hydrogen (secondary N) is 1. The molecule has 10 heteroatoms. The van der Waals surface area contributed by atoms with Crippen LogP contribution in [0.15, 0.2) is 53.3 Å². The molecule has 3 atom stereocenters. The number of benzene rings is 1.